The van der Waals surface area contributed by atoms with E-state index in [1.807, 2.05) is 24.3 Å². The van der Waals surface area contributed by atoms with Crippen LogP contribution in [-0.4, -0.2) is 28.8 Å². The van der Waals surface area contributed by atoms with Gasteiger partial charge in [-0.2, -0.15) is 0 Å². The number of hydrogen-bond acceptors (Lipinski definition) is 4. The fourth-order valence-electron chi connectivity index (χ4n) is 5.49. The molecule has 2 atom stereocenters. The van der Waals surface area contributed by atoms with E-state index in [2.05, 4.69) is 34.3 Å². The number of methoxy groups -OCH3 is 1. The summed E-state index contributed by atoms with van der Waals surface area (Å²) in [5.41, 5.74) is 5.77. The number of carbonyl (C=O) groups is 2. The van der Waals surface area contributed by atoms with Crippen molar-refractivity contribution in [3.63, 3.8) is 0 Å². The molecule has 2 N–H and O–H groups in total. The molecule has 6 nitrogen and oxygen atoms in total. The van der Waals surface area contributed by atoms with Gasteiger partial charge in [0, 0.05) is 40.9 Å². The molecule has 1 saturated carbocycles. The van der Waals surface area contributed by atoms with Gasteiger partial charge in [0.05, 0.1) is 12.8 Å². The quantitative estimate of drug-likeness (QED) is 0.352. The monoisotopic (exact) mass is 495 g/mol. The molecule has 2 aliphatic rings. The predicted molar refractivity (Wildman–Crippen MR) is 138 cm³/mol. The van der Waals surface area contributed by atoms with Gasteiger partial charge >= 0.3 is 0 Å². The molecular weight excluding hydrogens is 469 g/mol. The van der Waals surface area contributed by atoms with Crippen molar-refractivity contribution >= 4 is 17.5 Å². The van der Waals surface area contributed by atoms with Crippen LogP contribution in [0.1, 0.15) is 50.9 Å². The highest BCUT2D eigenvalue weighted by Crippen LogP contribution is 2.59. The molecule has 6 rings (SSSR count). The van der Waals surface area contributed by atoms with Crippen molar-refractivity contribution < 1.29 is 18.7 Å². The molecule has 2 heterocycles. The number of benzene rings is 2. The summed E-state index contributed by atoms with van der Waals surface area (Å²) in [5, 5.41) is 2.75. The van der Waals surface area contributed by atoms with E-state index < -0.39 is 11.7 Å². The Hall–Kier alpha value is -4.26. The first-order valence-corrected chi connectivity index (χ1v) is 12.3. The minimum atomic E-state index is -0.615. The standard InChI is InChI=1S/C30H26FN3O3/c1-30-15-21(30)28(35)26-20(12-17-6-4-3-5-7-17)27(33-23(26)16-30)18-10-11-32-25(14-18)34-29(36)19-8-9-24(37-2)22(31)13-19/h3-11,13-14,21,33H,12,15-16H2,1-2H3,(H,32,34,36)/t21-,30+/m0/s1. The maximum atomic E-state index is 14.1. The van der Waals surface area contributed by atoms with E-state index in [1.54, 1.807) is 12.3 Å². The van der Waals surface area contributed by atoms with Crippen LogP contribution in [0.15, 0.2) is 66.9 Å². The maximum absolute atomic E-state index is 14.1. The highest BCUT2D eigenvalue weighted by molar-refractivity contribution is 6.06. The van der Waals surface area contributed by atoms with Crippen LogP contribution in [0.2, 0.25) is 0 Å². The lowest BCUT2D eigenvalue weighted by Gasteiger charge is -2.17. The Balaban J connectivity index is 1.36. The molecule has 2 aromatic heterocycles. The molecule has 0 unspecified atom stereocenters. The largest absolute Gasteiger partial charge is 0.494 e. The van der Waals surface area contributed by atoms with Crippen LogP contribution >= 0.6 is 0 Å². The third-order valence-electron chi connectivity index (χ3n) is 7.60. The summed E-state index contributed by atoms with van der Waals surface area (Å²) in [5.74, 6) is -0.380. The number of aromatic amines is 1. The molecule has 1 amide bonds. The molecule has 4 aromatic rings. The third kappa shape index (κ3) is 4.10. The second-order valence-electron chi connectivity index (χ2n) is 10.2. The molecule has 2 aromatic carbocycles. The van der Waals surface area contributed by atoms with Gasteiger partial charge in [0.1, 0.15) is 5.82 Å². The summed E-state index contributed by atoms with van der Waals surface area (Å²) in [4.78, 5) is 34.1. The fourth-order valence-corrected chi connectivity index (χ4v) is 5.49. The minimum Gasteiger partial charge on any atom is -0.494 e. The number of nitrogens with one attached hydrogen (secondary N) is 2. The van der Waals surface area contributed by atoms with Crippen LogP contribution in [0.4, 0.5) is 10.2 Å². The van der Waals surface area contributed by atoms with Crippen molar-refractivity contribution in [2.24, 2.45) is 11.3 Å². The maximum Gasteiger partial charge on any atom is 0.256 e. The van der Waals surface area contributed by atoms with Gasteiger partial charge in [-0.15, -0.1) is 0 Å². The molecule has 0 spiro atoms. The zero-order valence-corrected chi connectivity index (χ0v) is 20.6. The molecule has 37 heavy (non-hydrogen) atoms. The average molecular weight is 496 g/mol. The number of hydrogen-bond donors (Lipinski definition) is 2. The number of halogens is 1. The molecule has 2 aliphatic carbocycles. The number of amides is 1. The molecule has 1 fully saturated rings. The molecule has 186 valence electrons. The number of nitrogens with zero attached hydrogens (tertiary/aromatic N) is 1. The highest BCUT2D eigenvalue weighted by atomic mass is 19.1. The van der Waals surface area contributed by atoms with E-state index in [9.17, 15) is 14.0 Å². The van der Waals surface area contributed by atoms with E-state index in [0.29, 0.717) is 12.2 Å². The average Bonchev–Trinajstić information content (AvgIpc) is 3.46. The van der Waals surface area contributed by atoms with Gasteiger partial charge in [-0.05, 0) is 59.7 Å². The number of pyridine rings is 1. The normalized spacial score (nSPS) is 19.6. The van der Waals surface area contributed by atoms with E-state index >= 15 is 0 Å². The topological polar surface area (TPSA) is 84.1 Å². The van der Waals surface area contributed by atoms with Gasteiger partial charge in [0.25, 0.3) is 5.91 Å². The summed E-state index contributed by atoms with van der Waals surface area (Å²) in [6.07, 6.45) is 4.02. The van der Waals surface area contributed by atoms with E-state index in [4.69, 9.17) is 4.74 Å². The lowest BCUT2D eigenvalue weighted by molar-refractivity contribution is 0.0938. The molecule has 0 radical (unpaired) electrons. The number of rotatable bonds is 6. The summed E-state index contributed by atoms with van der Waals surface area (Å²) in [7, 11) is 1.37. The molecular formula is C30H26FN3O3. The smallest absolute Gasteiger partial charge is 0.256 e. The number of ketones is 1. The van der Waals surface area contributed by atoms with Crippen LogP contribution in [0.3, 0.4) is 0 Å². The zero-order valence-electron chi connectivity index (χ0n) is 20.6. The Bertz CT molecular complexity index is 1550. The van der Waals surface area contributed by atoms with Crippen molar-refractivity contribution in [1.82, 2.24) is 9.97 Å². The van der Waals surface area contributed by atoms with Crippen molar-refractivity contribution in [3.05, 3.63) is 101 Å². The number of anilines is 1. The van der Waals surface area contributed by atoms with Gasteiger partial charge in [-0.3, -0.25) is 9.59 Å². The van der Waals surface area contributed by atoms with Crippen LogP contribution < -0.4 is 10.1 Å². The Morgan fingerprint density at radius 1 is 1.19 bits per heavy atom. The number of aromatic nitrogens is 2. The number of carbonyl (C=O) groups excluding carboxylic acids is 2. The van der Waals surface area contributed by atoms with E-state index in [1.165, 1.54) is 19.2 Å². The van der Waals surface area contributed by atoms with E-state index in [-0.39, 0.29) is 28.4 Å². The van der Waals surface area contributed by atoms with Crippen LogP contribution in [0, 0.1) is 17.2 Å². The SMILES string of the molecule is COc1ccc(C(=O)Nc2cc(-c3[nH]c4c(c3Cc3ccccc3)C(=O)[C@@H]3C[C@]3(C)C4)ccn2)cc1F. The Labute approximate surface area is 213 Å². The van der Waals surface area contributed by atoms with Crippen molar-refractivity contribution in [2.75, 3.05) is 12.4 Å². The summed E-state index contributed by atoms with van der Waals surface area (Å²) in [6.45, 7) is 2.18. The molecule has 0 aliphatic heterocycles. The zero-order chi connectivity index (χ0) is 25.7. The Kier molecular flexibility index (Phi) is 5.44. The van der Waals surface area contributed by atoms with Crippen LogP contribution in [0.25, 0.3) is 11.3 Å². The lowest BCUT2D eigenvalue weighted by atomic mass is 9.84. The first kappa shape index (κ1) is 23.2. The first-order chi connectivity index (χ1) is 17.9. The number of Topliss-reactive ketones (excluding diaryl/α,β-unsaturated/α-hetero) is 1. The summed E-state index contributed by atoms with van der Waals surface area (Å²) in [6, 6.07) is 17.8. The number of H-pyrrole nitrogens is 1. The minimum absolute atomic E-state index is 0.0429. The van der Waals surface area contributed by atoms with Gasteiger partial charge in [-0.25, -0.2) is 9.37 Å². The van der Waals surface area contributed by atoms with Crippen molar-refractivity contribution in [3.8, 4) is 17.0 Å². The van der Waals surface area contributed by atoms with Gasteiger partial charge in [-0.1, -0.05) is 37.3 Å². The van der Waals surface area contributed by atoms with Gasteiger partial charge in [0.2, 0.25) is 0 Å². The summed E-state index contributed by atoms with van der Waals surface area (Å²) >= 11 is 0. The van der Waals surface area contributed by atoms with Gasteiger partial charge in [0.15, 0.2) is 17.3 Å². The molecule has 0 bridgehead atoms. The second-order valence-corrected chi connectivity index (χ2v) is 10.2. The number of fused-ring (bicyclic) bond motifs is 2. The van der Waals surface area contributed by atoms with Gasteiger partial charge < -0.3 is 15.0 Å². The van der Waals surface area contributed by atoms with E-state index in [0.717, 1.165) is 52.5 Å². The first-order valence-electron chi connectivity index (χ1n) is 12.3. The van der Waals surface area contributed by atoms with Crippen molar-refractivity contribution in [2.45, 2.75) is 26.2 Å². The molecule has 0 saturated heterocycles. The van der Waals surface area contributed by atoms with Crippen LogP contribution in [0.5, 0.6) is 5.75 Å². The predicted octanol–water partition coefficient (Wildman–Crippen LogP) is 5.83. The third-order valence-corrected chi connectivity index (χ3v) is 7.60. The van der Waals surface area contributed by atoms with Crippen LogP contribution in [-0.2, 0) is 12.8 Å². The molecule has 7 heteroatoms. The second kappa shape index (κ2) is 8.69. The number of ether oxygens (including phenoxy) is 1. The lowest BCUT2D eigenvalue weighted by Crippen LogP contribution is -2.20. The highest BCUT2D eigenvalue weighted by Gasteiger charge is 2.58. The Morgan fingerprint density at radius 3 is 2.76 bits per heavy atom. The fraction of sp³-hybridized carbons (Fsp3) is 0.233. The Morgan fingerprint density at radius 2 is 2.00 bits per heavy atom. The van der Waals surface area contributed by atoms with Crippen molar-refractivity contribution in [1.29, 1.82) is 0 Å². The summed E-state index contributed by atoms with van der Waals surface area (Å²) < 4.78 is 19.0.